The van der Waals surface area contributed by atoms with Crippen LogP contribution < -0.4 is 10.6 Å². The number of carbonyl (C=O) groups is 1. The Morgan fingerprint density at radius 3 is 3.00 bits per heavy atom. The van der Waals surface area contributed by atoms with Crippen molar-refractivity contribution in [3.05, 3.63) is 54.0 Å². The second-order valence-corrected chi connectivity index (χ2v) is 4.59. The van der Waals surface area contributed by atoms with Crippen LogP contribution in [0.3, 0.4) is 0 Å². The Hall–Kier alpha value is -2.71. The van der Waals surface area contributed by atoms with Crippen LogP contribution >= 0.6 is 0 Å². The lowest BCUT2D eigenvalue weighted by molar-refractivity contribution is 0.104. The van der Waals surface area contributed by atoms with Crippen LogP contribution in [0.1, 0.15) is 17.7 Å². The number of furan rings is 1. The fourth-order valence-corrected chi connectivity index (χ4v) is 1.81. The van der Waals surface area contributed by atoms with Gasteiger partial charge in [0.1, 0.15) is 12.4 Å². The van der Waals surface area contributed by atoms with Gasteiger partial charge >= 0.3 is 6.03 Å². The lowest BCUT2D eigenvalue weighted by Crippen LogP contribution is -2.30. The predicted molar refractivity (Wildman–Crippen MR) is 84.4 cm³/mol. The number of hydrogen-bond donors (Lipinski definition) is 2. The fraction of sp³-hybridized carbons (Fsp3) is 0.235. The topological polar surface area (TPSA) is 63.5 Å². The average molecular weight is 298 g/mol. The van der Waals surface area contributed by atoms with Gasteiger partial charge in [-0.2, -0.15) is 0 Å². The van der Waals surface area contributed by atoms with Crippen molar-refractivity contribution in [1.82, 2.24) is 5.32 Å². The normalized spacial score (nSPS) is 9.95. The second-order valence-electron chi connectivity index (χ2n) is 4.59. The molecule has 5 heteroatoms. The molecule has 2 rings (SSSR count). The van der Waals surface area contributed by atoms with Crippen molar-refractivity contribution >= 4 is 11.7 Å². The molecule has 0 spiro atoms. The predicted octanol–water partition coefficient (Wildman–Crippen LogP) is 2.99. The minimum atomic E-state index is -0.264. The Morgan fingerprint density at radius 1 is 1.32 bits per heavy atom. The monoisotopic (exact) mass is 298 g/mol. The quantitative estimate of drug-likeness (QED) is 0.610. The minimum absolute atomic E-state index is 0.264. The van der Waals surface area contributed by atoms with Gasteiger partial charge < -0.3 is 19.8 Å². The zero-order valence-electron chi connectivity index (χ0n) is 12.2. The van der Waals surface area contributed by atoms with Gasteiger partial charge in [-0.25, -0.2) is 4.79 Å². The molecule has 0 saturated heterocycles. The standard InChI is InChI=1S/C17H18N2O3/c1-2-14-6-3-7-15(12-14)19-17(20)18-9-5-10-21-13-16-8-4-11-22-16/h1,3-4,6-8,11-12H,5,9-10,13H2,(H2,18,19,20). The molecule has 22 heavy (non-hydrogen) atoms. The van der Waals surface area contributed by atoms with E-state index in [1.807, 2.05) is 12.1 Å². The van der Waals surface area contributed by atoms with E-state index in [0.29, 0.717) is 25.4 Å². The van der Waals surface area contributed by atoms with E-state index >= 15 is 0 Å². The molecule has 0 atom stereocenters. The van der Waals surface area contributed by atoms with Gasteiger partial charge in [-0.3, -0.25) is 0 Å². The average Bonchev–Trinajstić information content (AvgIpc) is 3.04. The number of carbonyl (C=O) groups excluding carboxylic acids is 1. The van der Waals surface area contributed by atoms with Gasteiger partial charge in [-0.15, -0.1) is 6.42 Å². The molecule has 0 bridgehead atoms. The molecule has 2 amide bonds. The summed E-state index contributed by atoms with van der Waals surface area (Å²) in [5.41, 5.74) is 1.39. The second kappa shape index (κ2) is 8.55. The first kappa shape index (κ1) is 15.7. The number of hydrogen-bond acceptors (Lipinski definition) is 3. The summed E-state index contributed by atoms with van der Waals surface area (Å²) >= 11 is 0. The van der Waals surface area contributed by atoms with Crippen molar-refractivity contribution in [2.24, 2.45) is 0 Å². The number of rotatable bonds is 7. The molecule has 0 unspecified atom stereocenters. The molecule has 1 aromatic heterocycles. The van der Waals surface area contributed by atoms with Crippen LogP contribution in [0.15, 0.2) is 47.1 Å². The van der Waals surface area contributed by atoms with Crippen LogP contribution in [0.4, 0.5) is 10.5 Å². The Balaban J connectivity index is 1.58. The Bertz CT molecular complexity index is 630. The maximum atomic E-state index is 11.7. The maximum Gasteiger partial charge on any atom is 0.319 e. The van der Waals surface area contributed by atoms with Gasteiger partial charge in [0.15, 0.2) is 0 Å². The van der Waals surface area contributed by atoms with Crippen molar-refractivity contribution in [3.8, 4) is 12.3 Å². The van der Waals surface area contributed by atoms with Gasteiger partial charge in [-0.05, 0) is 36.8 Å². The first-order valence-electron chi connectivity index (χ1n) is 6.99. The van der Waals surface area contributed by atoms with E-state index in [-0.39, 0.29) is 6.03 Å². The highest BCUT2D eigenvalue weighted by Crippen LogP contribution is 2.09. The number of nitrogens with one attached hydrogen (secondary N) is 2. The zero-order valence-corrected chi connectivity index (χ0v) is 12.2. The van der Waals surface area contributed by atoms with E-state index in [2.05, 4.69) is 16.6 Å². The molecule has 0 fully saturated rings. The summed E-state index contributed by atoms with van der Waals surface area (Å²) < 4.78 is 10.6. The summed E-state index contributed by atoms with van der Waals surface area (Å²) in [5.74, 6) is 3.31. The number of urea groups is 1. The first-order valence-corrected chi connectivity index (χ1v) is 6.99. The van der Waals surface area contributed by atoms with Crippen LogP contribution in [0.5, 0.6) is 0 Å². The molecule has 1 heterocycles. The van der Waals surface area contributed by atoms with E-state index in [9.17, 15) is 4.79 Å². The summed E-state index contributed by atoms with van der Waals surface area (Å²) in [6, 6.07) is 10.5. The van der Waals surface area contributed by atoms with Gasteiger partial charge in [0.05, 0.1) is 6.26 Å². The molecule has 5 nitrogen and oxygen atoms in total. The minimum Gasteiger partial charge on any atom is -0.467 e. The van der Waals surface area contributed by atoms with Gasteiger partial charge in [-0.1, -0.05) is 12.0 Å². The summed E-state index contributed by atoms with van der Waals surface area (Å²) in [5, 5.41) is 5.49. The molecule has 114 valence electrons. The SMILES string of the molecule is C#Cc1cccc(NC(=O)NCCCOCc2ccco2)c1. The summed E-state index contributed by atoms with van der Waals surface area (Å²) in [7, 11) is 0. The van der Waals surface area contributed by atoms with E-state index in [1.54, 1.807) is 30.5 Å². The maximum absolute atomic E-state index is 11.7. The molecular formula is C17H18N2O3. The van der Waals surface area contributed by atoms with E-state index in [0.717, 1.165) is 17.7 Å². The van der Waals surface area contributed by atoms with E-state index < -0.39 is 0 Å². The summed E-state index contributed by atoms with van der Waals surface area (Å²) in [6.45, 7) is 1.52. The molecule has 0 radical (unpaired) electrons. The van der Waals surface area contributed by atoms with Crippen LogP contribution in [0.2, 0.25) is 0 Å². The Labute approximate surface area is 129 Å². The Kier molecular flexibility index (Phi) is 6.09. The summed E-state index contributed by atoms with van der Waals surface area (Å²) in [4.78, 5) is 11.7. The number of terminal acetylenes is 1. The number of benzene rings is 1. The van der Waals surface area contributed by atoms with Crippen molar-refractivity contribution in [1.29, 1.82) is 0 Å². The van der Waals surface area contributed by atoms with Crippen LogP contribution in [-0.2, 0) is 11.3 Å². The number of amides is 2. The molecular weight excluding hydrogens is 280 g/mol. The molecule has 0 aliphatic heterocycles. The fourth-order valence-electron chi connectivity index (χ4n) is 1.81. The molecule has 0 aliphatic carbocycles. The molecule has 1 aromatic carbocycles. The van der Waals surface area contributed by atoms with Gasteiger partial charge in [0.25, 0.3) is 0 Å². The van der Waals surface area contributed by atoms with Gasteiger partial charge in [0, 0.05) is 24.4 Å². The van der Waals surface area contributed by atoms with Crippen LogP contribution in [0, 0.1) is 12.3 Å². The lowest BCUT2D eigenvalue weighted by Gasteiger charge is -2.08. The summed E-state index contributed by atoms with van der Waals surface area (Å²) in [6.07, 6.45) is 7.64. The largest absolute Gasteiger partial charge is 0.467 e. The highest BCUT2D eigenvalue weighted by molar-refractivity contribution is 5.89. The zero-order chi connectivity index (χ0) is 15.6. The third-order valence-electron chi connectivity index (χ3n) is 2.86. The third kappa shape index (κ3) is 5.35. The molecule has 0 aliphatic rings. The highest BCUT2D eigenvalue weighted by Gasteiger charge is 2.01. The highest BCUT2D eigenvalue weighted by atomic mass is 16.5. The molecule has 2 aromatic rings. The molecule has 0 saturated carbocycles. The van der Waals surface area contributed by atoms with E-state index in [4.69, 9.17) is 15.6 Å². The van der Waals surface area contributed by atoms with Crippen LogP contribution in [0.25, 0.3) is 0 Å². The smallest absolute Gasteiger partial charge is 0.319 e. The first-order chi connectivity index (χ1) is 10.8. The molecule has 2 N–H and O–H groups in total. The van der Waals surface area contributed by atoms with Crippen molar-refractivity contribution in [2.75, 3.05) is 18.5 Å². The van der Waals surface area contributed by atoms with Crippen molar-refractivity contribution in [3.63, 3.8) is 0 Å². The lowest BCUT2D eigenvalue weighted by atomic mass is 10.2. The van der Waals surface area contributed by atoms with E-state index in [1.165, 1.54) is 0 Å². The number of ether oxygens (including phenoxy) is 1. The number of anilines is 1. The third-order valence-corrected chi connectivity index (χ3v) is 2.86. The van der Waals surface area contributed by atoms with Crippen molar-refractivity contribution < 1.29 is 13.9 Å². The van der Waals surface area contributed by atoms with Crippen LogP contribution in [-0.4, -0.2) is 19.2 Å². The Morgan fingerprint density at radius 2 is 2.23 bits per heavy atom. The van der Waals surface area contributed by atoms with Crippen molar-refractivity contribution in [2.45, 2.75) is 13.0 Å². The van der Waals surface area contributed by atoms with Gasteiger partial charge in [0.2, 0.25) is 0 Å².